The Morgan fingerprint density at radius 1 is 0.919 bits per heavy atom. The minimum absolute atomic E-state index is 0.181. The van der Waals surface area contributed by atoms with Gasteiger partial charge in [-0.2, -0.15) is 0 Å². The van der Waals surface area contributed by atoms with Crippen LogP contribution in [0.15, 0.2) is 23.0 Å². The first-order chi connectivity index (χ1) is 17.9. The number of piperidine rings is 1. The van der Waals surface area contributed by atoms with E-state index in [9.17, 15) is 14.4 Å². The number of hydrogen-bond acceptors (Lipinski definition) is 5. The van der Waals surface area contributed by atoms with E-state index in [-0.39, 0.29) is 23.9 Å². The Balaban J connectivity index is 1.05. The molecule has 3 aliphatic heterocycles. The van der Waals surface area contributed by atoms with Gasteiger partial charge in [-0.15, -0.1) is 0 Å². The summed E-state index contributed by atoms with van der Waals surface area (Å²) in [5.74, 6) is 0.615. The smallest absolute Gasteiger partial charge is 0.311 e. The van der Waals surface area contributed by atoms with Gasteiger partial charge in [0.05, 0.1) is 11.0 Å². The van der Waals surface area contributed by atoms with Crippen molar-refractivity contribution in [2.75, 3.05) is 6.54 Å². The summed E-state index contributed by atoms with van der Waals surface area (Å²) in [6.07, 6.45) is 13.4. The highest BCUT2D eigenvalue weighted by Crippen LogP contribution is 2.49. The van der Waals surface area contributed by atoms with Crippen molar-refractivity contribution < 1.29 is 9.59 Å². The van der Waals surface area contributed by atoms with Gasteiger partial charge in [0.2, 0.25) is 11.8 Å². The van der Waals surface area contributed by atoms with E-state index in [1.165, 1.54) is 63.5 Å². The van der Waals surface area contributed by atoms with Gasteiger partial charge in [0.15, 0.2) is 0 Å². The Morgan fingerprint density at radius 2 is 1.62 bits per heavy atom. The fraction of sp³-hybridized carbons (Fsp3) is 0.690. The van der Waals surface area contributed by atoms with Gasteiger partial charge >= 0.3 is 5.69 Å². The number of aromatic nitrogens is 2. The summed E-state index contributed by atoms with van der Waals surface area (Å²) in [5, 5.41) is 10.2. The quantitative estimate of drug-likeness (QED) is 0.558. The first-order valence-electron chi connectivity index (χ1n) is 14.4. The monoisotopic (exact) mass is 505 g/mol. The molecule has 2 unspecified atom stereocenters. The number of fused-ring (bicyclic) bond motifs is 1. The van der Waals surface area contributed by atoms with Crippen LogP contribution < -0.4 is 21.6 Å². The molecule has 2 spiro atoms. The lowest BCUT2D eigenvalue weighted by Crippen LogP contribution is -2.68. The number of hydrogen-bond donors (Lipinski definition) is 3. The van der Waals surface area contributed by atoms with Crippen molar-refractivity contribution in [3.8, 4) is 0 Å². The lowest BCUT2D eigenvalue weighted by molar-refractivity contribution is -0.135. The Kier molecular flexibility index (Phi) is 5.45. The molecular formula is C29H39N5O3. The van der Waals surface area contributed by atoms with Gasteiger partial charge in [-0.05, 0) is 101 Å². The third kappa shape index (κ3) is 3.74. The molecule has 2 amide bonds. The second-order valence-electron chi connectivity index (χ2n) is 12.7. The summed E-state index contributed by atoms with van der Waals surface area (Å²) in [6.45, 7) is 1.21. The number of nitrogens with zero attached hydrogens (tertiary/aromatic N) is 2. The molecule has 198 valence electrons. The molecule has 8 nitrogen and oxygen atoms in total. The van der Waals surface area contributed by atoms with Crippen molar-refractivity contribution in [2.24, 2.45) is 13.0 Å². The molecule has 2 saturated carbocycles. The number of para-hydroxylation sites is 1. The third-order valence-corrected chi connectivity index (χ3v) is 10.8. The Bertz CT molecular complexity index is 1290. The van der Waals surface area contributed by atoms with E-state index in [4.69, 9.17) is 0 Å². The van der Waals surface area contributed by atoms with Gasteiger partial charge in [-0.1, -0.05) is 12.1 Å². The zero-order chi connectivity index (χ0) is 25.4. The van der Waals surface area contributed by atoms with E-state index in [0.717, 1.165) is 29.8 Å². The number of aryl methyl sites for hydroxylation is 1. The van der Waals surface area contributed by atoms with Crippen molar-refractivity contribution in [1.29, 1.82) is 0 Å². The fourth-order valence-corrected chi connectivity index (χ4v) is 8.44. The molecular weight excluding hydrogens is 466 g/mol. The van der Waals surface area contributed by atoms with Crippen molar-refractivity contribution in [2.45, 2.75) is 106 Å². The van der Waals surface area contributed by atoms with Crippen LogP contribution in [-0.4, -0.2) is 44.6 Å². The van der Waals surface area contributed by atoms with Crippen molar-refractivity contribution in [3.63, 3.8) is 0 Å². The lowest BCUT2D eigenvalue weighted by Gasteiger charge is -2.57. The number of amides is 2. The van der Waals surface area contributed by atoms with Crippen LogP contribution in [0, 0.1) is 5.92 Å². The molecule has 8 heteroatoms. The SMILES string of the molecule is Cn1c(=O)n(C2CCC(=O)NC2=O)c2cccc(C3CCC4(CC3)CC(C3CCC5(CCN5)CC3)N4)c21. The molecule has 5 fully saturated rings. The zero-order valence-corrected chi connectivity index (χ0v) is 21.9. The van der Waals surface area contributed by atoms with E-state index in [0.29, 0.717) is 29.5 Å². The van der Waals surface area contributed by atoms with Gasteiger partial charge in [0.25, 0.3) is 0 Å². The molecule has 2 aromatic rings. The molecule has 37 heavy (non-hydrogen) atoms. The van der Waals surface area contributed by atoms with Gasteiger partial charge < -0.3 is 10.6 Å². The maximum atomic E-state index is 13.3. The first kappa shape index (κ1) is 23.7. The number of nitrogens with one attached hydrogen (secondary N) is 3. The maximum Gasteiger partial charge on any atom is 0.329 e. The van der Waals surface area contributed by atoms with Crippen LogP contribution in [0.5, 0.6) is 0 Å². The van der Waals surface area contributed by atoms with Crippen molar-refractivity contribution in [3.05, 3.63) is 34.2 Å². The summed E-state index contributed by atoms with van der Waals surface area (Å²) < 4.78 is 3.32. The van der Waals surface area contributed by atoms with E-state index >= 15 is 0 Å². The predicted molar refractivity (Wildman–Crippen MR) is 141 cm³/mol. The van der Waals surface area contributed by atoms with E-state index in [2.05, 4.69) is 22.0 Å². The minimum Gasteiger partial charge on any atom is -0.311 e. The number of imide groups is 1. The second kappa shape index (κ2) is 8.53. The molecule has 0 bridgehead atoms. The van der Waals surface area contributed by atoms with E-state index in [1.54, 1.807) is 9.13 Å². The summed E-state index contributed by atoms with van der Waals surface area (Å²) in [4.78, 5) is 37.6. The highest BCUT2D eigenvalue weighted by Gasteiger charge is 2.50. The van der Waals surface area contributed by atoms with E-state index in [1.807, 2.05) is 19.2 Å². The van der Waals surface area contributed by atoms with Crippen LogP contribution in [0.25, 0.3) is 11.0 Å². The molecule has 2 aliphatic carbocycles. The summed E-state index contributed by atoms with van der Waals surface area (Å²) in [6, 6.07) is 6.20. The molecule has 0 radical (unpaired) electrons. The molecule has 3 N–H and O–H groups in total. The highest BCUT2D eigenvalue weighted by molar-refractivity contribution is 6.00. The van der Waals surface area contributed by atoms with Gasteiger partial charge in [0, 0.05) is 30.6 Å². The Morgan fingerprint density at radius 3 is 2.27 bits per heavy atom. The number of rotatable bonds is 3. The first-order valence-corrected chi connectivity index (χ1v) is 14.4. The number of carbonyl (C=O) groups excluding carboxylic acids is 2. The minimum atomic E-state index is -0.635. The van der Waals surface area contributed by atoms with Crippen molar-refractivity contribution in [1.82, 2.24) is 25.1 Å². The average molecular weight is 506 g/mol. The highest BCUT2D eigenvalue weighted by atomic mass is 16.2. The molecule has 5 aliphatic rings. The second-order valence-corrected chi connectivity index (χ2v) is 12.7. The number of carbonyl (C=O) groups is 2. The van der Waals surface area contributed by atoms with Gasteiger partial charge in [-0.3, -0.25) is 24.0 Å². The standard InChI is InChI=1S/C29H39N5O3/c1-33-25-20(3-2-4-22(25)34(27(33)37)23-5-6-24(35)31-26(23)36)18-7-13-29(14-8-18)17-21(32-29)19-9-11-28(12-10-19)15-16-30-28/h2-4,18-19,21,23,30,32H,5-17H2,1H3,(H,31,35,36). The van der Waals surface area contributed by atoms with Gasteiger partial charge in [-0.25, -0.2) is 4.79 Å². The topological polar surface area (TPSA) is 97.2 Å². The summed E-state index contributed by atoms with van der Waals surface area (Å²) in [7, 11) is 1.81. The summed E-state index contributed by atoms with van der Waals surface area (Å²) >= 11 is 0. The van der Waals surface area contributed by atoms with Crippen LogP contribution in [0.1, 0.15) is 94.6 Å². The van der Waals surface area contributed by atoms with Crippen LogP contribution in [0.4, 0.5) is 0 Å². The van der Waals surface area contributed by atoms with Crippen LogP contribution in [0.2, 0.25) is 0 Å². The lowest BCUT2D eigenvalue weighted by atomic mass is 9.61. The predicted octanol–water partition coefficient (Wildman–Crippen LogP) is 3.00. The normalized spacial score (nSPS) is 38.0. The Hall–Kier alpha value is -2.45. The molecule has 4 heterocycles. The van der Waals surface area contributed by atoms with Crippen LogP contribution in [0.3, 0.4) is 0 Å². The molecule has 1 aromatic carbocycles. The Labute approximate surface area is 217 Å². The number of imidazole rings is 1. The third-order valence-electron chi connectivity index (χ3n) is 10.8. The summed E-state index contributed by atoms with van der Waals surface area (Å²) in [5.41, 5.74) is 3.59. The largest absolute Gasteiger partial charge is 0.329 e. The average Bonchev–Trinajstić information content (AvgIpc) is 3.12. The molecule has 7 rings (SSSR count). The molecule has 3 saturated heterocycles. The maximum absolute atomic E-state index is 13.3. The van der Waals surface area contributed by atoms with Gasteiger partial charge in [0.1, 0.15) is 6.04 Å². The van der Waals surface area contributed by atoms with Crippen LogP contribution in [-0.2, 0) is 16.6 Å². The fourth-order valence-electron chi connectivity index (χ4n) is 8.44. The van der Waals surface area contributed by atoms with Crippen LogP contribution >= 0.6 is 0 Å². The molecule has 2 atom stereocenters. The molecule has 1 aromatic heterocycles. The van der Waals surface area contributed by atoms with Crippen molar-refractivity contribution >= 4 is 22.8 Å². The van der Waals surface area contributed by atoms with E-state index < -0.39 is 6.04 Å². The zero-order valence-electron chi connectivity index (χ0n) is 21.9. The number of benzene rings is 1.